The van der Waals surface area contributed by atoms with Gasteiger partial charge in [0, 0.05) is 44.5 Å². The third-order valence-corrected chi connectivity index (χ3v) is 7.35. The van der Waals surface area contributed by atoms with Crippen molar-refractivity contribution in [1.82, 2.24) is 10.2 Å². The number of alkyl halides is 3. The second kappa shape index (κ2) is 10.4. The Morgan fingerprint density at radius 1 is 1.17 bits per heavy atom. The van der Waals surface area contributed by atoms with Crippen molar-refractivity contribution in [3.63, 3.8) is 0 Å². The highest BCUT2D eigenvalue weighted by molar-refractivity contribution is 5.83. The Morgan fingerprint density at radius 2 is 1.89 bits per heavy atom. The molecule has 2 atom stereocenters. The molecule has 1 aromatic carbocycles. The Hall–Kier alpha value is -2.80. The van der Waals surface area contributed by atoms with Crippen LogP contribution in [0.25, 0.3) is 0 Å². The smallest absolute Gasteiger partial charge is 0.372 e. The van der Waals surface area contributed by atoms with E-state index in [0.717, 1.165) is 18.9 Å². The lowest BCUT2D eigenvalue weighted by Gasteiger charge is -2.37. The summed E-state index contributed by atoms with van der Waals surface area (Å²) in [5.41, 5.74) is -0.864. The molecule has 190 valence electrons. The minimum atomic E-state index is -4.59. The van der Waals surface area contributed by atoms with Crippen LogP contribution in [0.4, 0.5) is 18.9 Å². The zero-order chi connectivity index (χ0) is 25.2. The fourth-order valence-electron chi connectivity index (χ4n) is 5.25. The molecule has 0 aromatic heterocycles. The first-order valence-electron chi connectivity index (χ1n) is 12.2. The number of benzene rings is 1. The number of rotatable bonds is 7. The van der Waals surface area contributed by atoms with Gasteiger partial charge in [-0.2, -0.15) is 18.4 Å². The van der Waals surface area contributed by atoms with Crippen LogP contribution in [0, 0.1) is 29.1 Å². The number of nitrogens with zero attached hydrogens (tertiary/aromatic N) is 3. The van der Waals surface area contributed by atoms with E-state index in [1.165, 1.54) is 6.07 Å². The maximum atomic E-state index is 13.4. The average Bonchev–Trinajstić information content (AvgIpc) is 3.54. The van der Waals surface area contributed by atoms with Gasteiger partial charge in [0.1, 0.15) is 6.61 Å². The number of carbonyl (C=O) groups excluding carboxylic acids is 2. The van der Waals surface area contributed by atoms with E-state index in [-0.39, 0.29) is 47.8 Å². The molecular formula is C25H31F3N4O3. The summed E-state index contributed by atoms with van der Waals surface area (Å²) in [6, 6.07) is 5.68. The lowest BCUT2D eigenvalue weighted by atomic mass is 9.78. The van der Waals surface area contributed by atoms with Crippen molar-refractivity contribution in [3.05, 3.63) is 29.3 Å². The maximum absolute atomic E-state index is 13.4. The van der Waals surface area contributed by atoms with E-state index in [2.05, 4.69) is 5.32 Å². The van der Waals surface area contributed by atoms with Gasteiger partial charge in [-0.15, -0.1) is 0 Å². The monoisotopic (exact) mass is 492 g/mol. The van der Waals surface area contributed by atoms with E-state index in [0.29, 0.717) is 51.3 Å². The molecule has 0 radical (unpaired) electrons. The summed E-state index contributed by atoms with van der Waals surface area (Å²) in [5, 5.41) is 12.1. The van der Waals surface area contributed by atoms with E-state index in [1.54, 1.807) is 17.0 Å². The van der Waals surface area contributed by atoms with Gasteiger partial charge in [0.15, 0.2) is 0 Å². The molecular weight excluding hydrogens is 461 g/mol. The maximum Gasteiger partial charge on any atom is 0.417 e. The van der Waals surface area contributed by atoms with E-state index >= 15 is 0 Å². The van der Waals surface area contributed by atoms with Gasteiger partial charge in [0.25, 0.3) is 0 Å². The highest BCUT2D eigenvalue weighted by Crippen LogP contribution is 2.39. The number of likely N-dealkylation sites (tertiary alicyclic amines) is 1. The number of hydrogen-bond donors (Lipinski definition) is 1. The Labute approximate surface area is 203 Å². The minimum Gasteiger partial charge on any atom is -0.372 e. The Balaban J connectivity index is 1.44. The normalized spacial score (nSPS) is 23.3. The first kappa shape index (κ1) is 25.3. The highest BCUT2D eigenvalue weighted by Gasteiger charge is 2.45. The second-order valence-corrected chi connectivity index (χ2v) is 9.65. The Kier molecular flexibility index (Phi) is 7.55. The summed E-state index contributed by atoms with van der Waals surface area (Å²) in [7, 11) is 0. The second-order valence-electron chi connectivity index (χ2n) is 9.65. The van der Waals surface area contributed by atoms with Crippen molar-refractivity contribution in [2.45, 2.75) is 44.8 Å². The van der Waals surface area contributed by atoms with Crippen LogP contribution in [0.5, 0.6) is 0 Å². The van der Waals surface area contributed by atoms with Gasteiger partial charge in [-0.25, -0.2) is 0 Å². The minimum absolute atomic E-state index is 0.00113. The lowest BCUT2D eigenvalue weighted by Crippen LogP contribution is -2.42. The quantitative estimate of drug-likeness (QED) is 0.632. The fourth-order valence-corrected chi connectivity index (χ4v) is 5.25. The molecule has 1 saturated carbocycles. The fraction of sp³-hybridized carbons (Fsp3) is 0.640. The van der Waals surface area contributed by atoms with Crippen molar-refractivity contribution in [2.24, 2.45) is 17.8 Å². The van der Waals surface area contributed by atoms with Gasteiger partial charge in [-0.05, 0) is 62.6 Å². The molecule has 10 heteroatoms. The number of halogens is 3. The number of nitriles is 1. The molecule has 3 fully saturated rings. The van der Waals surface area contributed by atoms with Crippen LogP contribution in [0.1, 0.15) is 43.7 Å². The first-order chi connectivity index (χ1) is 16.7. The molecule has 2 heterocycles. The van der Waals surface area contributed by atoms with Gasteiger partial charge < -0.3 is 19.9 Å². The molecule has 0 bridgehead atoms. The average molecular weight is 493 g/mol. The largest absolute Gasteiger partial charge is 0.417 e. The molecule has 35 heavy (non-hydrogen) atoms. The molecule has 1 N–H and O–H groups in total. The predicted molar refractivity (Wildman–Crippen MR) is 122 cm³/mol. The predicted octanol–water partition coefficient (Wildman–Crippen LogP) is 3.18. The molecule has 4 rings (SSSR count). The number of anilines is 1. The molecule has 2 amide bonds. The van der Waals surface area contributed by atoms with Crippen LogP contribution in [-0.2, 0) is 20.5 Å². The topological polar surface area (TPSA) is 85.7 Å². The van der Waals surface area contributed by atoms with Gasteiger partial charge >= 0.3 is 6.18 Å². The number of nitrogens with one attached hydrogen (secondary N) is 1. The van der Waals surface area contributed by atoms with Crippen LogP contribution in [0.15, 0.2) is 18.2 Å². The summed E-state index contributed by atoms with van der Waals surface area (Å²) >= 11 is 0. The van der Waals surface area contributed by atoms with Crippen LogP contribution in [0.2, 0.25) is 0 Å². The number of amides is 2. The first-order valence-corrected chi connectivity index (χ1v) is 12.2. The number of hydrogen-bond acceptors (Lipinski definition) is 5. The zero-order valence-corrected chi connectivity index (χ0v) is 19.8. The van der Waals surface area contributed by atoms with Gasteiger partial charge in [-0.3, -0.25) is 9.59 Å². The summed E-state index contributed by atoms with van der Waals surface area (Å²) in [4.78, 5) is 29.2. The zero-order valence-electron chi connectivity index (χ0n) is 19.8. The van der Waals surface area contributed by atoms with Crippen molar-refractivity contribution in [3.8, 4) is 6.07 Å². The third kappa shape index (κ3) is 5.89. The standard InChI is InChI=1S/C25H31F3N4O3/c1-2-35-15-23(33)32-13-20(21(14-32)24(34)30-18-4-5-18)16-7-9-31(10-8-16)19-6-3-17(12-29)22(11-19)25(26,27)28/h3,6,11,16,18,20-21H,2,4-5,7-10,13-15H2,1H3,(H,30,34)/t20-,21+/m0/s1. The SMILES string of the molecule is CCOCC(=O)N1C[C@@H](C(=O)NC2CC2)[C@H](C2CCN(c3ccc(C#N)c(C(F)(F)F)c3)CC2)C1. The lowest BCUT2D eigenvalue weighted by molar-refractivity contribution is -0.138. The summed E-state index contributed by atoms with van der Waals surface area (Å²) < 4.78 is 45.5. The summed E-state index contributed by atoms with van der Waals surface area (Å²) in [6.45, 7) is 4.24. The van der Waals surface area contributed by atoms with E-state index in [1.807, 2.05) is 11.8 Å². The van der Waals surface area contributed by atoms with Crippen molar-refractivity contribution < 1.29 is 27.5 Å². The van der Waals surface area contributed by atoms with Crippen molar-refractivity contribution in [1.29, 1.82) is 5.26 Å². The number of ether oxygens (including phenoxy) is 1. The highest BCUT2D eigenvalue weighted by atomic mass is 19.4. The van der Waals surface area contributed by atoms with Gasteiger partial charge in [0.05, 0.1) is 23.1 Å². The Morgan fingerprint density at radius 3 is 2.49 bits per heavy atom. The van der Waals surface area contributed by atoms with Crippen LogP contribution >= 0.6 is 0 Å². The van der Waals surface area contributed by atoms with Crippen molar-refractivity contribution in [2.75, 3.05) is 44.3 Å². The molecule has 7 nitrogen and oxygen atoms in total. The number of piperidine rings is 1. The Bertz CT molecular complexity index is 981. The van der Waals surface area contributed by atoms with Crippen LogP contribution < -0.4 is 10.2 Å². The molecule has 3 aliphatic rings. The molecule has 1 aromatic rings. The van der Waals surface area contributed by atoms with E-state index < -0.39 is 11.7 Å². The molecule has 2 saturated heterocycles. The van der Waals surface area contributed by atoms with Crippen LogP contribution in [0.3, 0.4) is 0 Å². The molecule has 2 aliphatic heterocycles. The van der Waals surface area contributed by atoms with Gasteiger partial charge in [-0.1, -0.05) is 0 Å². The summed E-state index contributed by atoms with van der Waals surface area (Å²) in [5.74, 6) is -0.217. The number of carbonyl (C=O) groups is 2. The van der Waals surface area contributed by atoms with Gasteiger partial charge in [0.2, 0.25) is 11.8 Å². The molecule has 1 aliphatic carbocycles. The molecule has 0 spiro atoms. The van der Waals surface area contributed by atoms with Crippen molar-refractivity contribution >= 4 is 17.5 Å². The van der Waals surface area contributed by atoms with E-state index in [4.69, 9.17) is 10.00 Å². The molecule has 0 unspecified atom stereocenters. The third-order valence-electron chi connectivity index (χ3n) is 7.35. The van der Waals surface area contributed by atoms with E-state index in [9.17, 15) is 22.8 Å². The van der Waals surface area contributed by atoms with Crippen LogP contribution in [-0.4, -0.2) is 62.1 Å². The summed E-state index contributed by atoms with van der Waals surface area (Å²) in [6.07, 6.45) is -1.19.